The Hall–Kier alpha value is -2.02. The van der Waals surface area contributed by atoms with Crippen molar-refractivity contribution in [1.82, 2.24) is 0 Å². The number of nitrogens with one attached hydrogen (secondary N) is 1. The van der Waals surface area contributed by atoms with Crippen LogP contribution in [0.2, 0.25) is 0 Å². The van der Waals surface area contributed by atoms with Gasteiger partial charge in [0.15, 0.2) is 11.5 Å². The lowest BCUT2D eigenvalue weighted by Gasteiger charge is -2.17. The van der Waals surface area contributed by atoms with Crippen LogP contribution < -0.4 is 11.1 Å². The maximum atomic E-state index is 13.7. The van der Waals surface area contributed by atoms with Gasteiger partial charge in [0.1, 0.15) is 0 Å². The number of anilines is 1. The van der Waals surface area contributed by atoms with E-state index in [4.69, 9.17) is 5.73 Å². The maximum Gasteiger partial charge on any atom is 0.295 e. The van der Waals surface area contributed by atoms with Gasteiger partial charge in [-0.05, 0) is 31.4 Å². The van der Waals surface area contributed by atoms with Gasteiger partial charge in [-0.2, -0.15) is 0 Å². The van der Waals surface area contributed by atoms with E-state index in [1.54, 1.807) is 0 Å². The monoisotopic (exact) mass is 281 g/mol. The fourth-order valence-electron chi connectivity index (χ4n) is 2.67. The molecule has 108 valence electrons. The first-order chi connectivity index (χ1) is 9.54. The van der Waals surface area contributed by atoms with E-state index in [-0.39, 0.29) is 17.5 Å². The number of nitrogens with two attached hydrogens (primary N) is 1. The molecule has 0 spiro atoms. The molecule has 1 fully saturated rings. The van der Waals surface area contributed by atoms with Crippen molar-refractivity contribution in [2.45, 2.75) is 19.3 Å². The Kier molecular flexibility index (Phi) is 4.29. The van der Waals surface area contributed by atoms with Gasteiger partial charge in [-0.3, -0.25) is 14.9 Å². The zero-order valence-electron chi connectivity index (χ0n) is 10.8. The summed E-state index contributed by atoms with van der Waals surface area (Å²) < 4.78 is 13.7. The van der Waals surface area contributed by atoms with Gasteiger partial charge in [0.25, 0.3) is 5.69 Å². The molecule has 0 heterocycles. The van der Waals surface area contributed by atoms with Crippen LogP contribution in [0.15, 0.2) is 18.2 Å². The minimum Gasteiger partial charge on any atom is -0.330 e. The highest BCUT2D eigenvalue weighted by molar-refractivity contribution is 5.95. The summed E-state index contributed by atoms with van der Waals surface area (Å²) in [6, 6.07) is 3.48. The predicted octanol–water partition coefficient (Wildman–Crippen LogP) is 2.05. The van der Waals surface area contributed by atoms with Crippen LogP contribution in [0, 0.1) is 27.8 Å². The smallest absolute Gasteiger partial charge is 0.295 e. The molecule has 1 saturated carbocycles. The van der Waals surface area contributed by atoms with E-state index in [0.29, 0.717) is 13.0 Å². The molecule has 3 N–H and O–H groups in total. The molecule has 2 rings (SSSR count). The quantitative estimate of drug-likeness (QED) is 0.651. The Labute approximate surface area is 115 Å². The number of nitro benzene ring substituents is 1. The number of amides is 1. The molecule has 0 bridgehead atoms. The molecule has 6 nitrogen and oxygen atoms in total. The van der Waals surface area contributed by atoms with E-state index in [9.17, 15) is 19.3 Å². The van der Waals surface area contributed by atoms with Crippen molar-refractivity contribution in [2.75, 3.05) is 11.9 Å². The average molecular weight is 281 g/mol. The first kappa shape index (κ1) is 14.4. The molecule has 1 aliphatic rings. The number of halogens is 1. The largest absolute Gasteiger partial charge is 0.330 e. The molecule has 2 atom stereocenters. The van der Waals surface area contributed by atoms with Crippen molar-refractivity contribution >= 4 is 17.3 Å². The van der Waals surface area contributed by atoms with E-state index >= 15 is 0 Å². The normalized spacial score (nSPS) is 21.7. The maximum absolute atomic E-state index is 13.7. The standard InChI is InChI=1S/C13H16FN3O3/c14-10-5-2-6-11(17(19)20)12(10)16-13(18)9-4-1-3-8(9)7-15/h2,5-6,8-9H,1,3-4,7,15H2,(H,16,18). The van der Waals surface area contributed by atoms with Crippen molar-refractivity contribution < 1.29 is 14.1 Å². The number of carbonyl (C=O) groups is 1. The first-order valence-electron chi connectivity index (χ1n) is 6.48. The molecule has 1 aliphatic carbocycles. The zero-order valence-corrected chi connectivity index (χ0v) is 10.8. The highest BCUT2D eigenvalue weighted by Gasteiger charge is 2.33. The number of nitro groups is 1. The fourth-order valence-corrected chi connectivity index (χ4v) is 2.67. The second-order valence-electron chi connectivity index (χ2n) is 4.91. The van der Waals surface area contributed by atoms with Gasteiger partial charge in [-0.15, -0.1) is 0 Å². The van der Waals surface area contributed by atoms with Crippen molar-refractivity contribution in [3.8, 4) is 0 Å². The van der Waals surface area contributed by atoms with Crippen LogP contribution in [0.1, 0.15) is 19.3 Å². The number of nitrogens with zero attached hydrogens (tertiary/aromatic N) is 1. The summed E-state index contributed by atoms with van der Waals surface area (Å²) in [4.78, 5) is 22.3. The number of benzene rings is 1. The number of hydrogen-bond donors (Lipinski definition) is 2. The van der Waals surface area contributed by atoms with Crippen LogP contribution >= 0.6 is 0 Å². The van der Waals surface area contributed by atoms with Gasteiger partial charge in [0, 0.05) is 12.0 Å². The van der Waals surface area contributed by atoms with Crippen molar-refractivity contribution in [3.05, 3.63) is 34.1 Å². The van der Waals surface area contributed by atoms with Crippen molar-refractivity contribution in [1.29, 1.82) is 0 Å². The molecule has 0 aliphatic heterocycles. The molecule has 0 aromatic heterocycles. The Morgan fingerprint density at radius 3 is 2.90 bits per heavy atom. The van der Waals surface area contributed by atoms with Crippen LogP contribution in [0.25, 0.3) is 0 Å². The summed E-state index contributed by atoms with van der Waals surface area (Å²) in [5, 5.41) is 13.2. The summed E-state index contributed by atoms with van der Waals surface area (Å²) in [5.41, 5.74) is 4.79. The van der Waals surface area contributed by atoms with Crippen LogP contribution in [-0.4, -0.2) is 17.4 Å². The van der Waals surface area contributed by atoms with Gasteiger partial charge in [0.05, 0.1) is 4.92 Å². The highest BCUT2D eigenvalue weighted by atomic mass is 19.1. The Morgan fingerprint density at radius 2 is 2.25 bits per heavy atom. The number of rotatable bonds is 4. The van der Waals surface area contributed by atoms with Crippen molar-refractivity contribution in [3.63, 3.8) is 0 Å². The summed E-state index contributed by atoms with van der Waals surface area (Å²) in [5.74, 6) is -1.46. The van der Waals surface area contributed by atoms with Crippen LogP contribution in [-0.2, 0) is 4.79 Å². The lowest BCUT2D eigenvalue weighted by Crippen LogP contribution is -2.30. The second-order valence-corrected chi connectivity index (χ2v) is 4.91. The van der Waals surface area contributed by atoms with Crippen LogP contribution in [0.3, 0.4) is 0 Å². The third-order valence-electron chi connectivity index (χ3n) is 3.74. The average Bonchev–Trinajstić information content (AvgIpc) is 2.89. The Bertz CT molecular complexity index is 536. The van der Waals surface area contributed by atoms with E-state index in [0.717, 1.165) is 25.0 Å². The molecule has 20 heavy (non-hydrogen) atoms. The number of hydrogen-bond acceptors (Lipinski definition) is 4. The van der Waals surface area contributed by atoms with Crippen LogP contribution in [0.4, 0.5) is 15.8 Å². The Morgan fingerprint density at radius 1 is 1.50 bits per heavy atom. The van der Waals surface area contributed by atoms with Crippen molar-refractivity contribution in [2.24, 2.45) is 17.6 Å². The molecular formula is C13H16FN3O3. The molecule has 1 aromatic carbocycles. The van der Waals surface area contributed by atoms with E-state index in [1.807, 2.05) is 0 Å². The fraction of sp³-hybridized carbons (Fsp3) is 0.462. The van der Waals surface area contributed by atoms with E-state index in [2.05, 4.69) is 5.32 Å². The third-order valence-corrected chi connectivity index (χ3v) is 3.74. The minimum atomic E-state index is -0.810. The summed E-state index contributed by atoms with van der Waals surface area (Å²) in [7, 11) is 0. The lowest BCUT2D eigenvalue weighted by atomic mass is 9.95. The summed E-state index contributed by atoms with van der Waals surface area (Å²) >= 11 is 0. The summed E-state index contributed by atoms with van der Waals surface area (Å²) in [6.45, 7) is 0.386. The highest BCUT2D eigenvalue weighted by Crippen LogP contribution is 2.33. The molecule has 0 saturated heterocycles. The second kappa shape index (κ2) is 5.96. The SMILES string of the molecule is NCC1CCCC1C(=O)Nc1c(F)cccc1[N+](=O)[O-]. The molecular weight excluding hydrogens is 265 g/mol. The zero-order chi connectivity index (χ0) is 14.7. The van der Waals surface area contributed by atoms with Gasteiger partial charge in [-0.1, -0.05) is 12.5 Å². The first-order valence-corrected chi connectivity index (χ1v) is 6.48. The van der Waals surface area contributed by atoms with Crippen LogP contribution in [0.5, 0.6) is 0 Å². The predicted molar refractivity (Wildman–Crippen MR) is 71.6 cm³/mol. The number of carbonyl (C=O) groups excluding carboxylic acids is 1. The number of para-hydroxylation sites is 1. The third kappa shape index (κ3) is 2.77. The minimum absolute atomic E-state index is 0.0563. The van der Waals surface area contributed by atoms with Gasteiger partial charge < -0.3 is 11.1 Å². The molecule has 2 unspecified atom stereocenters. The Balaban J connectivity index is 2.21. The molecule has 0 radical (unpaired) electrons. The summed E-state index contributed by atoms with van der Waals surface area (Å²) in [6.07, 6.45) is 2.42. The molecule has 1 amide bonds. The van der Waals surface area contributed by atoms with Gasteiger partial charge in [0.2, 0.25) is 5.91 Å². The van der Waals surface area contributed by atoms with E-state index in [1.165, 1.54) is 6.07 Å². The molecule has 7 heteroatoms. The molecule has 1 aromatic rings. The van der Waals surface area contributed by atoms with E-state index < -0.39 is 22.3 Å². The van der Waals surface area contributed by atoms with Gasteiger partial charge >= 0.3 is 0 Å². The van der Waals surface area contributed by atoms with Gasteiger partial charge in [-0.25, -0.2) is 4.39 Å². The lowest BCUT2D eigenvalue weighted by molar-refractivity contribution is -0.384. The topological polar surface area (TPSA) is 98.3 Å².